The van der Waals surface area contributed by atoms with Crippen LogP contribution in [0.3, 0.4) is 0 Å². The van der Waals surface area contributed by atoms with Crippen molar-refractivity contribution in [2.45, 2.75) is 74.2 Å². The summed E-state index contributed by atoms with van der Waals surface area (Å²) in [7, 11) is 0. The minimum Gasteiger partial charge on any atom is -0.491 e. The summed E-state index contributed by atoms with van der Waals surface area (Å²) in [6, 6.07) is 3.66. The van der Waals surface area contributed by atoms with Gasteiger partial charge in [0.05, 0.1) is 12.2 Å². The third kappa shape index (κ3) is 5.09. The fourth-order valence-electron chi connectivity index (χ4n) is 2.56. The van der Waals surface area contributed by atoms with Crippen LogP contribution in [0.5, 0.6) is 5.75 Å². The van der Waals surface area contributed by atoms with Crippen LogP contribution in [-0.4, -0.2) is 52.9 Å². The molecule has 1 atom stereocenters. The molecule has 1 unspecified atom stereocenters. The Kier molecular flexibility index (Phi) is 8.05. The summed E-state index contributed by atoms with van der Waals surface area (Å²) in [4.78, 5) is 0. The normalized spacial score (nSPS) is 16.0. The van der Waals surface area contributed by atoms with Crippen molar-refractivity contribution in [1.29, 1.82) is 0 Å². The molecule has 0 aromatic heterocycles. The molecule has 0 spiro atoms. The zero-order chi connectivity index (χ0) is 28.1. The molecule has 0 aliphatic heterocycles. The number of hydrogen-bond donors (Lipinski definition) is 1. The van der Waals surface area contributed by atoms with Crippen molar-refractivity contribution in [1.82, 2.24) is 0 Å². The minimum atomic E-state index is -8.36. The van der Waals surface area contributed by atoms with Crippen LogP contribution in [-0.2, 0) is 0 Å². The summed E-state index contributed by atoms with van der Waals surface area (Å²) in [5.74, 6) is -47.2. The van der Waals surface area contributed by atoms with Crippen LogP contribution in [0, 0.1) is 0 Å². The average Bonchev–Trinajstić information content (AvgIpc) is 2.65. The van der Waals surface area contributed by atoms with E-state index in [9.17, 15) is 71.0 Å². The van der Waals surface area contributed by atoms with Gasteiger partial charge in [0, 0.05) is 6.42 Å². The Balaban J connectivity index is 3.41. The number of ether oxygens (including phenoxy) is 1. The molecule has 35 heavy (non-hydrogen) atoms. The molecule has 0 heterocycles. The number of hydrogen-bond acceptors (Lipinski definition) is 2. The lowest BCUT2D eigenvalue weighted by Crippen LogP contribution is -2.72. The van der Waals surface area contributed by atoms with Gasteiger partial charge in [-0.05, 0) is 31.5 Å². The smallest absolute Gasteiger partial charge is 0.460 e. The average molecular weight is 548 g/mol. The highest BCUT2D eigenvalue weighted by Crippen LogP contribution is 2.63. The Hall–Kier alpha value is -2.07. The fraction of sp³-hybridized carbons (Fsp3) is 0.667. The fourth-order valence-corrected chi connectivity index (χ4v) is 2.56. The predicted octanol–water partition coefficient (Wildman–Crippen LogP) is 7.27. The molecule has 17 heteroatoms. The molecule has 0 amide bonds. The van der Waals surface area contributed by atoms with Crippen molar-refractivity contribution in [2.75, 3.05) is 0 Å². The number of aliphatic hydroxyl groups excluding tert-OH is 1. The molecular weight excluding hydrogens is 533 g/mol. The van der Waals surface area contributed by atoms with Gasteiger partial charge in [0.1, 0.15) is 5.75 Å². The van der Waals surface area contributed by atoms with Gasteiger partial charge in [0.25, 0.3) is 0 Å². The minimum absolute atomic E-state index is 0.169. The van der Waals surface area contributed by atoms with Crippen molar-refractivity contribution < 1.29 is 75.7 Å². The van der Waals surface area contributed by atoms with Gasteiger partial charge >= 0.3 is 41.7 Å². The second-order valence-corrected chi connectivity index (χ2v) is 7.53. The lowest BCUT2D eigenvalue weighted by Gasteiger charge is -2.41. The first kappa shape index (κ1) is 31.0. The van der Waals surface area contributed by atoms with E-state index in [1.807, 2.05) is 0 Å². The quantitative estimate of drug-likeness (QED) is 0.312. The Morgan fingerprint density at radius 2 is 1.11 bits per heavy atom. The van der Waals surface area contributed by atoms with Crippen molar-refractivity contribution >= 4 is 0 Å². The highest BCUT2D eigenvalue weighted by Gasteiger charge is 2.93. The SMILES string of the molecule is CC(C)Oc1cccc(C(O)CC(F)(F)C(F)(F)C(F)(F)C(F)(F)C(F)(F)C(F)(F)C(F)(F)F)c1. The molecular formula is C18H15F15O2. The standard InChI is InChI=1S/C18H15F15O2/c1-8(2)35-10-5-3-4-9(6-10)11(34)7-12(19,20)13(21,22)14(23,24)15(25,26)16(27,28)17(29,30)18(31,32)33/h3-6,8,11,34H,7H2,1-2H3. The van der Waals surface area contributed by atoms with E-state index in [0.717, 1.165) is 18.2 Å². The first-order valence-electron chi connectivity index (χ1n) is 9.06. The Bertz CT molecular complexity index is 877. The monoisotopic (exact) mass is 548 g/mol. The number of rotatable bonds is 10. The summed E-state index contributed by atoms with van der Waals surface area (Å²) in [6.07, 6.45) is -13.9. The first-order valence-corrected chi connectivity index (χ1v) is 9.06. The summed E-state index contributed by atoms with van der Waals surface area (Å²) >= 11 is 0. The van der Waals surface area contributed by atoms with Gasteiger partial charge in [0.2, 0.25) is 0 Å². The molecule has 1 aromatic rings. The molecule has 0 radical (unpaired) electrons. The van der Waals surface area contributed by atoms with Crippen molar-refractivity contribution in [3.8, 4) is 5.75 Å². The summed E-state index contributed by atoms with van der Waals surface area (Å²) < 4.78 is 203. The molecule has 0 aliphatic rings. The van der Waals surface area contributed by atoms with E-state index in [0.29, 0.717) is 0 Å². The zero-order valence-corrected chi connectivity index (χ0v) is 17.2. The zero-order valence-electron chi connectivity index (χ0n) is 17.2. The Morgan fingerprint density at radius 1 is 0.686 bits per heavy atom. The van der Waals surface area contributed by atoms with E-state index >= 15 is 0 Å². The lowest BCUT2D eigenvalue weighted by molar-refractivity contribution is -0.453. The van der Waals surface area contributed by atoms with Gasteiger partial charge in [0.15, 0.2) is 0 Å². The van der Waals surface area contributed by atoms with Crippen LogP contribution in [0.15, 0.2) is 24.3 Å². The molecule has 204 valence electrons. The van der Waals surface area contributed by atoms with Crippen LogP contribution in [0.25, 0.3) is 0 Å². The summed E-state index contributed by atoms with van der Waals surface area (Å²) in [5.41, 5.74) is -0.734. The first-order chi connectivity index (χ1) is 15.3. The highest BCUT2D eigenvalue weighted by molar-refractivity contribution is 5.30. The maximum absolute atomic E-state index is 14.0. The van der Waals surface area contributed by atoms with Crippen molar-refractivity contribution in [2.24, 2.45) is 0 Å². The van der Waals surface area contributed by atoms with E-state index in [-0.39, 0.29) is 5.75 Å². The molecule has 1 N–H and O–H groups in total. The van der Waals surface area contributed by atoms with Crippen LogP contribution in [0.2, 0.25) is 0 Å². The van der Waals surface area contributed by atoms with Crippen molar-refractivity contribution in [3.63, 3.8) is 0 Å². The van der Waals surface area contributed by atoms with Gasteiger partial charge in [-0.15, -0.1) is 0 Å². The summed E-state index contributed by atoms with van der Waals surface area (Å²) in [6.45, 7) is 2.94. The van der Waals surface area contributed by atoms with Crippen LogP contribution < -0.4 is 4.74 Å². The van der Waals surface area contributed by atoms with Gasteiger partial charge in [-0.3, -0.25) is 0 Å². The number of halogens is 15. The van der Waals surface area contributed by atoms with E-state index in [4.69, 9.17) is 4.74 Å². The Morgan fingerprint density at radius 3 is 1.54 bits per heavy atom. The number of aliphatic hydroxyl groups is 1. The van der Waals surface area contributed by atoms with Crippen molar-refractivity contribution in [3.05, 3.63) is 29.8 Å². The van der Waals surface area contributed by atoms with Gasteiger partial charge < -0.3 is 9.84 Å². The topological polar surface area (TPSA) is 29.5 Å². The molecule has 0 bridgehead atoms. The molecule has 1 rings (SSSR count). The largest absolute Gasteiger partial charge is 0.491 e. The van der Waals surface area contributed by atoms with E-state index < -0.39 is 65.9 Å². The van der Waals surface area contributed by atoms with Crippen LogP contribution >= 0.6 is 0 Å². The predicted molar refractivity (Wildman–Crippen MR) is 87.5 cm³/mol. The van der Waals surface area contributed by atoms with E-state index in [2.05, 4.69) is 0 Å². The number of benzene rings is 1. The Labute approximate surface area is 186 Å². The highest BCUT2D eigenvalue weighted by atomic mass is 19.4. The van der Waals surface area contributed by atoms with Gasteiger partial charge in [-0.1, -0.05) is 12.1 Å². The lowest BCUT2D eigenvalue weighted by atomic mass is 9.88. The number of alkyl halides is 15. The van der Waals surface area contributed by atoms with Crippen LogP contribution in [0.1, 0.15) is 31.9 Å². The molecule has 0 fully saturated rings. The third-order valence-corrected chi connectivity index (χ3v) is 4.46. The van der Waals surface area contributed by atoms with Gasteiger partial charge in [-0.2, -0.15) is 65.9 Å². The second-order valence-electron chi connectivity index (χ2n) is 7.53. The van der Waals surface area contributed by atoms with Gasteiger partial charge in [-0.25, -0.2) is 0 Å². The molecule has 1 aromatic carbocycles. The maximum atomic E-state index is 14.0. The second kappa shape index (κ2) is 9.10. The molecule has 0 saturated carbocycles. The van der Waals surface area contributed by atoms with Crippen LogP contribution in [0.4, 0.5) is 65.9 Å². The maximum Gasteiger partial charge on any atom is 0.460 e. The third-order valence-electron chi connectivity index (χ3n) is 4.46. The summed E-state index contributed by atoms with van der Waals surface area (Å²) in [5, 5.41) is 9.72. The molecule has 2 nitrogen and oxygen atoms in total. The molecule has 0 saturated heterocycles. The molecule has 0 aliphatic carbocycles. The van der Waals surface area contributed by atoms with E-state index in [1.165, 1.54) is 19.9 Å². The van der Waals surface area contributed by atoms with E-state index in [1.54, 1.807) is 0 Å².